The molecular weight excluding hydrogens is 262 g/mol. The molecule has 2 aliphatic rings. The minimum atomic E-state index is -3.66. The normalized spacial score (nSPS) is 33.8. The van der Waals surface area contributed by atoms with Crippen LogP contribution >= 0.6 is 0 Å². The summed E-state index contributed by atoms with van der Waals surface area (Å²) in [5.41, 5.74) is 2.18. The number of hydrogen-bond acceptors (Lipinski definition) is 3. The molecule has 3 N–H and O–H groups in total. The molecule has 1 aromatic carbocycles. The van der Waals surface area contributed by atoms with Crippen LogP contribution in [-0.2, 0) is 10.0 Å². The molecule has 19 heavy (non-hydrogen) atoms. The van der Waals surface area contributed by atoms with E-state index < -0.39 is 10.0 Å². The van der Waals surface area contributed by atoms with Crippen LogP contribution in [0.15, 0.2) is 23.1 Å². The quantitative estimate of drug-likeness (QED) is 0.865. The van der Waals surface area contributed by atoms with Crippen molar-refractivity contribution in [2.24, 2.45) is 10.6 Å². The molecule has 2 fully saturated rings. The van der Waals surface area contributed by atoms with E-state index in [1.165, 1.54) is 0 Å². The van der Waals surface area contributed by atoms with E-state index in [1.54, 1.807) is 12.1 Å². The molecule has 104 valence electrons. The van der Waals surface area contributed by atoms with Gasteiger partial charge in [0, 0.05) is 0 Å². The lowest BCUT2D eigenvalue weighted by Crippen LogP contribution is -2.49. The third kappa shape index (κ3) is 2.20. The Morgan fingerprint density at radius 2 is 1.89 bits per heavy atom. The van der Waals surface area contributed by atoms with Gasteiger partial charge in [0.25, 0.3) is 0 Å². The number of aliphatic hydroxyl groups excluding tert-OH is 1. The molecule has 0 saturated heterocycles. The van der Waals surface area contributed by atoms with Crippen molar-refractivity contribution in [1.82, 2.24) is 0 Å². The zero-order valence-corrected chi connectivity index (χ0v) is 11.8. The highest BCUT2D eigenvalue weighted by Gasteiger charge is 2.53. The molecule has 2 aliphatic carbocycles. The van der Waals surface area contributed by atoms with E-state index in [1.807, 2.05) is 13.0 Å². The summed E-state index contributed by atoms with van der Waals surface area (Å²) in [4.78, 5) is 0.262. The summed E-state index contributed by atoms with van der Waals surface area (Å²) in [6, 6.07) is 5.33. The highest BCUT2D eigenvalue weighted by molar-refractivity contribution is 7.89. The summed E-state index contributed by atoms with van der Waals surface area (Å²) in [6.07, 6.45) is 3.50. The van der Waals surface area contributed by atoms with Gasteiger partial charge in [0.05, 0.1) is 11.0 Å². The van der Waals surface area contributed by atoms with Gasteiger partial charge in [-0.15, -0.1) is 0 Å². The molecule has 0 aromatic heterocycles. The standard InChI is InChI=1S/C14H19NO3S/c1-9-2-3-13(19(15,17)18)12(4-9)10-5-14(6-10)7-11(16)8-14/h2-4,10-11,16H,5-8H2,1H3,(H2,15,17,18). The van der Waals surface area contributed by atoms with Crippen LogP contribution in [0.5, 0.6) is 0 Å². The molecule has 3 rings (SSSR count). The summed E-state index contributed by atoms with van der Waals surface area (Å²) in [5.74, 6) is 0.265. The van der Waals surface area contributed by atoms with Gasteiger partial charge in [0.15, 0.2) is 0 Å². The Labute approximate surface area is 113 Å². The fraction of sp³-hybridized carbons (Fsp3) is 0.571. The van der Waals surface area contributed by atoms with Crippen molar-refractivity contribution in [3.05, 3.63) is 29.3 Å². The highest BCUT2D eigenvalue weighted by Crippen LogP contribution is 2.62. The first kappa shape index (κ1) is 13.1. The summed E-state index contributed by atoms with van der Waals surface area (Å²) in [5, 5.41) is 14.7. The predicted octanol–water partition coefficient (Wildman–Crippen LogP) is 1.66. The Morgan fingerprint density at radius 1 is 1.26 bits per heavy atom. The Morgan fingerprint density at radius 3 is 2.42 bits per heavy atom. The van der Waals surface area contributed by atoms with E-state index in [2.05, 4.69) is 0 Å². The van der Waals surface area contributed by atoms with Crippen LogP contribution in [0.4, 0.5) is 0 Å². The molecule has 0 unspecified atom stereocenters. The lowest BCUT2D eigenvalue weighted by molar-refractivity contribution is -0.0928. The van der Waals surface area contributed by atoms with Crippen LogP contribution in [0, 0.1) is 12.3 Å². The van der Waals surface area contributed by atoms with Gasteiger partial charge in [-0.2, -0.15) is 0 Å². The molecule has 0 heterocycles. The van der Waals surface area contributed by atoms with Crippen LogP contribution in [0.2, 0.25) is 0 Å². The number of nitrogens with two attached hydrogens (primary N) is 1. The van der Waals surface area contributed by atoms with Crippen molar-refractivity contribution in [3.63, 3.8) is 0 Å². The molecule has 0 atom stereocenters. The minimum absolute atomic E-state index is 0.156. The van der Waals surface area contributed by atoms with E-state index >= 15 is 0 Å². The van der Waals surface area contributed by atoms with Crippen molar-refractivity contribution in [1.29, 1.82) is 0 Å². The third-order valence-electron chi connectivity index (χ3n) is 4.61. The minimum Gasteiger partial charge on any atom is -0.393 e. The second kappa shape index (κ2) is 4.04. The molecule has 1 spiro atoms. The maximum absolute atomic E-state index is 11.6. The second-order valence-electron chi connectivity index (χ2n) is 6.25. The SMILES string of the molecule is Cc1ccc(S(N)(=O)=O)c(C2CC3(CC(O)C3)C2)c1. The third-order valence-corrected chi connectivity index (χ3v) is 5.59. The number of sulfonamides is 1. The zero-order chi connectivity index (χ0) is 13.8. The Kier molecular flexibility index (Phi) is 2.78. The van der Waals surface area contributed by atoms with E-state index in [9.17, 15) is 13.5 Å². The monoisotopic (exact) mass is 281 g/mol. The molecule has 1 aromatic rings. The van der Waals surface area contributed by atoms with Crippen LogP contribution in [0.25, 0.3) is 0 Å². The number of primary sulfonamides is 1. The van der Waals surface area contributed by atoms with Crippen LogP contribution in [0.3, 0.4) is 0 Å². The van der Waals surface area contributed by atoms with Crippen molar-refractivity contribution in [2.45, 2.75) is 49.5 Å². The summed E-state index contributed by atoms with van der Waals surface area (Å²) in [7, 11) is -3.66. The maximum Gasteiger partial charge on any atom is 0.238 e. The average molecular weight is 281 g/mol. The van der Waals surface area contributed by atoms with Gasteiger partial charge < -0.3 is 5.11 Å². The predicted molar refractivity (Wildman–Crippen MR) is 72.2 cm³/mol. The number of aliphatic hydroxyl groups is 1. The van der Waals surface area contributed by atoms with Gasteiger partial charge >= 0.3 is 0 Å². The number of aryl methyl sites for hydroxylation is 1. The van der Waals surface area contributed by atoms with Crippen molar-refractivity contribution in [2.75, 3.05) is 0 Å². The Balaban J connectivity index is 1.88. The average Bonchev–Trinajstić information content (AvgIpc) is 2.19. The Bertz CT molecular complexity index is 610. The summed E-state index contributed by atoms with van der Waals surface area (Å²) < 4.78 is 23.3. The maximum atomic E-state index is 11.6. The van der Waals surface area contributed by atoms with Gasteiger partial charge in [0.1, 0.15) is 0 Å². The van der Waals surface area contributed by atoms with Gasteiger partial charge in [0.2, 0.25) is 10.0 Å². The second-order valence-corrected chi connectivity index (χ2v) is 7.78. The molecular formula is C14H19NO3S. The molecule has 0 aliphatic heterocycles. The van der Waals surface area contributed by atoms with Crippen LogP contribution in [-0.4, -0.2) is 19.6 Å². The van der Waals surface area contributed by atoms with Gasteiger partial charge in [-0.1, -0.05) is 17.7 Å². The Hall–Kier alpha value is -0.910. The lowest BCUT2D eigenvalue weighted by atomic mass is 9.49. The number of benzene rings is 1. The van der Waals surface area contributed by atoms with Crippen molar-refractivity contribution < 1.29 is 13.5 Å². The smallest absolute Gasteiger partial charge is 0.238 e. The van der Waals surface area contributed by atoms with E-state index in [0.717, 1.165) is 36.8 Å². The molecule has 4 nitrogen and oxygen atoms in total. The van der Waals surface area contributed by atoms with E-state index in [-0.39, 0.29) is 22.3 Å². The first-order chi connectivity index (χ1) is 8.79. The first-order valence-corrected chi connectivity index (χ1v) is 8.15. The molecule has 0 bridgehead atoms. The van der Waals surface area contributed by atoms with Gasteiger partial charge in [-0.05, 0) is 55.6 Å². The lowest BCUT2D eigenvalue weighted by Gasteiger charge is -2.56. The van der Waals surface area contributed by atoms with Gasteiger partial charge in [-0.25, -0.2) is 13.6 Å². The summed E-state index contributed by atoms with van der Waals surface area (Å²) >= 11 is 0. The van der Waals surface area contributed by atoms with E-state index in [4.69, 9.17) is 5.14 Å². The molecule has 0 amide bonds. The fourth-order valence-corrected chi connectivity index (χ4v) is 4.54. The van der Waals surface area contributed by atoms with E-state index in [0.29, 0.717) is 0 Å². The van der Waals surface area contributed by atoms with Crippen LogP contribution < -0.4 is 5.14 Å². The molecule has 0 radical (unpaired) electrons. The number of hydrogen-bond donors (Lipinski definition) is 2. The first-order valence-electron chi connectivity index (χ1n) is 6.61. The summed E-state index contributed by atoms with van der Waals surface area (Å²) in [6.45, 7) is 1.96. The topological polar surface area (TPSA) is 80.4 Å². The van der Waals surface area contributed by atoms with Crippen molar-refractivity contribution in [3.8, 4) is 0 Å². The van der Waals surface area contributed by atoms with Crippen molar-refractivity contribution >= 4 is 10.0 Å². The zero-order valence-electron chi connectivity index (χ0n) is 11.0. The molecule has 5 heteroatoms. The van der Waals surface area contributed by atoms with Gasteiger partial charge in [-0.3, -0.25) is 0 Å². The number of rotatable bonds is 2. The highest BCUT2D eigenvalue weighted by atomic mass is 32.2. The van der Waals surface area contributed by atoms with Crippen LogP contribution in [0.1, 0.15) is 42.7 Å². The largest absolute Gasteiger partial charge is 0.393 e. The molecule has 2 saturated carbocycles. The fourth-order valence-electron chi connectivity index (χ4n) is 3.72.